The number of benzene rings is 1. The van der Waals surface area contributed by atoms with Gasteiger partial charge >= 0.3 is 11.6 Å². The van der Waals surface area contributed by atoms with Gasteiger partial charge in [0.05, 0.1) is 37.5 Å². The fraction of sp³-hybridized carbons (Fsp3) is 0.300. The second-order valence-electron chi connectivity index (χ2n) is 6.50. The molecule has 2 aromatic heterocycles. The molecule has 0 aliphatic carbocycles. The molecule has 3 aromatic rings. The van der Waals surface area contributed by atoms with Crippen molar-refractivity contribution in [3.05, 3.63) is 63.4 Å². The molecule has 3 heterocycles. The van der Waals surface area contributed by atoms with Gasteiger partial charge in [-0.25, -0.2) is 4.79 Å². The lowest BCUT2D eigenvalue weighted by atomic mass is 10.0. The van der Waals surface area contributed by atoms with Gasteiger partial charge in [-0.3, -0.25) is 9.69 Å². The van der Waals surface area contributed by atoms with Crippen LogP contribution in [0.3, 0.4) is 0 Å². The first-order valence-electron chi connectivity index (χ1n) is 8.59. The molecule has 7 nitrogen and oxygen atoms in total. The van der Waals surface area contributed by atoms with Gasteiger partial charge in [-0.15, -0.1) is 0 Å². The molecule has 0 amide bonds. The zero-order chi connectivity index (χ0) is 19.0. The monoisotopic (exact) mass is 369 g/mol. The SMILES string of the molecule is COC(=O)Cc1c(C)c2ccc3c(c2oc1=O)CN(Cc1ccco1)CO3. The number of esters is 1. The molecule has 0 unspecified atom stereocenters. The molecule has 140 valence electrons. The lowest BCUT2D eigenvalue weighted by Gasteiger charge is -2.28. The Morgan fingerprint density at radius 2 is 2.15 bits per heavy atom. The fourth-order valence-corrected chi connectivity index (χ4v) is 3.35. The summed E-state index contributed by atoms with van der Waals surface area (Å²) in [5.41, 5.74) is 1.82. The van der Waals surface area contributed by atoms with E-state index in [0.717, 1.165) is 22.3 Å². The Balaban J connectivity index is 1.74. The van der Waals surface area contributed by atoms with Crippen LogP contribution < -0.4 is 10.4 Å². The molecule has 7 heteroatoms. The Bertz CT molecular complexity index is 1050. The zero-order valence-electron chi connectivity index (χ0n) is 15.1. The van der Waals surface area contributed by atoms with Crippen LogP contribution in [0.1, 0.15) is 22.5 Å². The van der Waals surface area contributed by atoms with Crippen LogP contribution in [0, 0.1) is 6.92 Å². The number of aryl methyl sites for hydroxylation is 1. The molecule has 0 saturated carbocycles. The summed E-state index contributed by atoms with van der Waals surface area (Å²) in [6.07, 6.45) is 1.52. The van der Waals surface area contributed by atoms with Gasteiger partial charge in [0.25, 0.3) is 0 Å². The van der Waals surface area contributed by atoms with Crippen molar-refractivity contribution in [2.24, 2.45) is 0 Å². The fourth-order valence-electron chi connectivity index (χ4n) is 3.35. The number of rotatable bonds is 4. The summed E-state index contributed by atoms with van der Waals surface area (Å²) < 4.78 is 21.5. The summed E-state index contributed by atoms with van der Waals surface area (Å²) in [5.74, 6) is 1.05. The van der Waals surface area contributed by atoms with Crippen LogP contribution in [-0.2, 0) is 29.0 Å². The zero-order valence-corrected chi connectivity index (χ0v) is 15.1. The molecule has 0 radical (unpaired) electrons. The molecule has 1 aliphatic heterocycles. The summed E-state index contributed by atoms with van der Waals surface area (Å²) >= 11 is 0. The Morgan fingerprint density at radius 1 is 1.30 bits per heavy atom. The normalized spacial score (nSPS) is 14.0. The first-order chi connectivity index (χ1) is 13.1. The van der Waals surface area contributed by atoms with Crippen molar-refractivity contribution in [2.45, 2.75) is 26.4 Å². The van der Waals surface area contributed by atoms with Crippen molar-refractivity contribution in [1.29, 1.82) is 0 Å². The predicted molar refractivity (Wildman–Crippen MR) is 96.4 cm³/mol. The van der Waals surface area contributed by atoms with E-state index in [9.17, 15) is 9.59 Å². The molecule has 0 bridgehead atoms. The summed E-state index contributed by atoms with van der Waals surface area (Å²) in [5, 5.41) is 0.788. The van der Waals surface area contributed by atoms with Gasteiger partial charge < -0.3 is 18.3 Å². The van der Waals surface area contributed by atoms with E-state index in [4.69, 9.17) is 13.6 Å². The summed E-state index contributed by atoms with van der Waals surface area (Å²) in [6, 6.07) is 7.48. The molecule has 0 fully saturated rings. The van der Waals surface area contributed by atoms with Gasteiger partial charge in [0.2, 0.25) is 0 Å². The van der Waals surface area contributed by atoms with Crippen LogP contribution in [0.5, 0.6) is 5.75 Å². The van der Waals surface area contributed by atoms with E-state index in [2.05, 4.69) is 9.64 Å². The van der Waals surface area contributed by atoms with Crippen LogP contribution >= 0.6 is 0 Å². The molecule has 0 saturated heterocycles. The number of furan rings is 1. The van der Waals surface area contributed by atoms with Gasteiger partial charge in [0.1, 0.15) is 23.8 Å². The Hall–Kier alpha value is -3.06. The van der Waals surface area contributed by atoms with E-state index in [-0.39, 0.29) is 6.42 Å². The van der Waals surface area contributed by atoms with Crippen LogP contribution in [0.25, 0.3) is 11.0 Å². The highest BCUT2D eigenvalue weighted by Gasteiger charge is 2.24. The molecule has 1 aliphatic rings. The van der Waals surface area contributed by atoms with Crippen LogP contribution in [-0.4, -0.2) is 24.7 Å². The highest BCUT2D eigenvalue weighted by Crippen LogP contribution is 2.34. The van der Waals surface area contributed by atoms with Gasteiger partial charge in [-0.2, -0.15) is 0 Å². The van der Waals surface area contributed by atoms with Crippen LogP contribution in [0.15, 0.2) is 44.2 Å². The number of hydrogen-bond acceptors (Lipinski definition) is 7. The number of fused-ring (bicyclic) bond motifs is 3. The van der Waals surface area contributed by atoms with Gasteiger partial charge in [-0.1, -0.05) is 0 Å². The third-order valence-corrected chi connectivity index (χ3v) is 4.81. The smallest absolute Gasteiger partial charge is 0.340 e. The number of nitrogens with zero attached hydrogens (tertiary/aromatic N) is 1. The molecule has 0 spiro atoms. The minimum Gasteiger partial charge on any atom is -0.478 e. The minimum atomic E-state index is -0.526. The Kier molecular flexibility index (Phi) is 4.45. The lowest BCUT2D eigenvalue weighted by Crippen LogP contribution is -2.31. The number of ether oxygens (including phenoxy) is 2. The van der Waals surface area contributed by atoms with Crippen molar-refractivity contribution in [2.75, 3.05) is 13.8 Å². The summed E-state index contributed by atoms with van der Waals surface area (Å²) in [6.45, 7) is 3.38. The van der Waals surface area contributed by atoms with E-state index in [0.29, 0.717) is 36.7 Å². The van der Waals surface area contributed by atoms with Gasteiger partial charge in [-0.05, 0) is 36.8 Å². The molecule has 1 aromatic carbocycles. The Morgan fingerprint density at radius 3 is 2.89 bits per heavy atom. The van der Waals surface area contributed by atoms with Crippen molar-refractivity contribution in [3.8, 4) is 5.75 Å². The molecular formula is C20H19NO6. The van der Waals surface area contributed by atoms with Crippen molar-refractivity contribution < 1.29 is 23.1 Å². The second-order valence-corrected chi connectivity index (χ2v) is 6.50. The largest absolute Gasteiger partial charge is 0.478 e. The molecule has 0 N–H and O–H groups in total. The average molecular weight is 369 g/mol. The maximum atomic E-state index is 12.5. The van der Waals surface area contributed by atoms with Crippen LogP contribution in [0.4, 0.5) is 0 Å². The molecule has 0 atom stereocenters. The predicted octanol–water partition coefficient (Wildman–Crippen LogP) is 2.76. The quantitative estimate of drug-likeness (QED) is 0.516. The first-order valence-corrected chi connectivity index (χ1v) is 8.59. The van der Waals surface area contributed by atoms with E-state index in [1.807, 2.05) is 31.2 Å². The number of carbonyl (C=O) groups excluding carboxylic acids is 1. The minimum absolute atomic E-state index is 0.112. The number of carbonyl (C=O) groups is 1. The summed E-state index contributed by atoms with van der Waals surface area (Å²) in [7, 11) is 1.29. The van der Waals surface area contributed by atoms with E-state index < -0.39 is 11.6 Å². The Labute approximate surface area is 155 Å². The van der Waals surface area contributed by atoms with Crippen LogP contribution in [0.2, 0.25) is 0 Å². The third-order valence-electron chi connectivity index (χ3n) is 4.81. The highest BCUT2D eigenvalue weighted by atomic mass is 16.5. The highest BCUT2D eigenvalue weighted by molar-refractivity contribution is 5.87. The van der Waals surface area contributed by atoms with E-state index >= 15 is 0 Å². The lowest BCUT2D eigenvalue weighted by molar-refractivity contribution is -0.139. The van der Waals surface area contributed by atoms with Crippen molar-refractivity contribution >= 4 is 16.9 Å². The maximum Gasteiger partial charge on any atom is 0.340 e. The standard InChI is InChI=1S/C20H19NO6/c1-12-14-5-6-17-16(10-21(11-26-17)9-13-4-3-7-25-13)19(14)27-20(23)15(12)8-18(22)24-2/h3-7H,8-11H2,1-2H3. The van der Waals surface area contributed by atoms with Crippen molar-refractivity contribution in [1.82, 2.24) is 4.90 Å². The third kappa shape index (κ3) is 3.21. The van der Waals surface area contributed by atoms with Gasteiger partial charge in [0.15, 0.2) is 0 Å². The van der Waals surface area contributed by atoms with E-state index in [1.165, 1.54) is 7.11 Å². The first kappa shape index (κ1) is 17.4. The number of hydrogen-bond donors (Lipinski definition) is 0. The second kappa shape index (κ2) is 6.92. The molecule has 4 rings (SSSR count). The van der Waals surface area contributed by atoms with Crippen molar-refractivity contribution in [3.63, 3.8) is 0 Å². The molecular weight excluding hydrogens is 350 g/mol. The number of methoxy groups -OCH3 is 1. The average Bonchev–Trinajstić information content (AvgIpc) is 3.17. The maximum absolute atomic E-state index is 12.5. The topological polar surface area (TPSA) is 82.1 Å². The molecule has 27 heavy (non-hydrogen) atoms. The van der Waals surface area contributed by atoms with E-state index in [1.54, 1.807) is 6.26 Å². The van der Waals surface area contributed by atoms with Gasteiger partial charge in [0, 0.05) is 11.9 Å². The summed E-state index contributed by atoms with van der Waals surface area (Å²) in [4.78, 5) is 26.1.